The number of nitrogens with zero attached hydrogens (tertiary/aromatic N) is 4. The molecule has 1 aliphatic heterocycles. The van der Waals surface area contributed by atoms with Crippen LogP contribution in [0.25, 0.3) is 0 Å². The van der Waals surface area contributed by atoms with E-state index in [9.17, 15) is 13.6 Å². The lowest BCUT2D eigenvalue weighted by Crippen LogP contribution is -2.21. The molecule has 2 aromatic heterocycles. The summed E-state index contributed by atoms with van der Waals surface area (Å²) >= 11 is 1.17. The van der Waals surface area contributed by atoms with Crippen LogP contribution in [-0.2, 0) is 17.8 Å². The van der Waals surface area contributed by atoms with E-state index in [0.29, 0.717) is 41.1 Å². The maximum atomic E-state index is 14.0. The van der Waals surface area contributed by atoms with Crippen molar-refractivity contribution in [2.45, 2.75) is 32.7 Å². The molecule has 25 heavy (non-hydrogen) atoms. The van der Waals surface area contributed by atoms with E-state index in [0.717, 1.165) is 19.5 Å². The molecule has 1 amide bonds. The van der Waals surface area contributed by atoms with E-state index in [1.807, 2.05) is 0 Å². The Balaban J connectivity index is 1.54. The SMILES string of the molecule is CCC(=O)Nc1nc(F)c(CN2CCC(Cc3ncc(F)cn3)C2)s1. The van der Waals surface area contributed by atoms with Crippen molar-refractivity contribution in [1.82, 2.24) is 19.9 Å². The Bertz CT molecular complexity index is 737. The standard InChI is InChI=1S/C16H19F2N5OS/c1-2-14(24)21-16-22-15(18)12(25-16)9-23-4-3-10(8-23)5-13-19-6-11(17)7-20-13/h6-7,10H,2-5,8-9H2,1H3,(H,21,22,24). The summed E-state index contributed by atoms with van der Waals surface area (Å²) in [4.78, 5) is 25.8. The van der Waals surface area contributed by atoms with Gasteiger partial charge in [0.15, 0.2) is 10.9 Å². The molecule has 9 heteroatoms. The maximum Gasteiger partial charge on any atom is 0.230 e. The summed E-state index contributed by atoms with van der Waals surface area (Å²) in [5.74, 6) is -0.159. The Morgan fingerprint density at radius 3 is 2.88 bits per heavy atom. The predicted octanol–water partition coefficient (Wildman–Crippen LogP) is 2.62. The van der Waals surface area contributed by atoms with Crippen LogP contribution in [0, 0.1) is 17.7 Å². The lowest BCUT2D eigenvalue weighted by Gasteiger charge is -2.14. The normalized spacial score (nSPS) is 17.8. The monoisotopic (exact) mass is 367 g/mol. The summed E-state index contributed by atoms with van der Waals surface area (Å²) in [5.41, 5.74) is 0. The van der Waals surface area contributed by atoms with Gasteiger partial charge in [0, 0.05) is 25.9 Å². The van der Waals surface area contributed by atoms with Gasteiger partial charge in [-0.25, -0.2) is 14.4 Å². The van der Waals surface area contributed by atoms with Crippen molar-refractivity contribution in [2.24, 2.45) is 5.92 Å². The fourth-order valence-corrected chi connectivity index (χ4v) is 3.72. The van der Waals surface area contributed by atoms with Crippen molar-refractivity contribution in [2.75, 3.05) is 18.4 Å². The third-order valence-corrected chi connectivity index (χ3v) is 5.03. The largest absolute Gasteiger partial charge is 0.302 e. The first-order valence-electron chi connectivity index (χ1n) is 8.17. The van der Waals surface area contributed by atoms with Crippen LogP contribution in [0.2, 0.25) is 0 Å². The number of amides is 1. The minimum absolute atomic E-state index is 0.180. The predicted molar refractivity (Wildman–Crippen MR) is 90.1 cm³/mol. The first-order valence-corrected chi connectivity index (χ1v) is 8.99. The molecule has 1 atom stereocenters. The average Bonchev–Trinajstić information content (AvgIpc) is 3.16. The van der Waals surface area contributed by atoms with Crippen LogP contribution < -0.4 is 5.32 Å². The quantitative estimate of drug-likeness (QED) is 0.850. The Morgan fingerprint density at radius 2 is 2.16 bits per heavy atom. The minimum Gasteiger partial charge on any atom is -0.302 e. The van der Waals surface area contributed by atoms with E-state index in [2.05, 4.69) is 25.2 Å². The van der Waals surface area contributed by atoms with Gasteiger partial charge in [-0.15, -0.1) is 0 Å². The van der Waals surface area contributed by atoms with E-state index in [-0.39, 0.29) is 5.91 Å². The lowest BCUT2D eigenvalue weighted by molar-refractivity contribution is -0.115. The third kappa shape index (κ3) is 4.76. The summed E-state index contributed by atoms with van der Waals surface area (Å²) in [5, 5.41) is 2.89. The number of rotatable bonds is 6. The molecule has 1 aliphatic rings. The van der Waals surface area contributed by atoms with Gasteiger partial charge in [0.05, 0.1) is 17.3 Å². The average molecular weight is 367 g/mol. The summed E-state index contributed by atoms with van der Waals surface area (Å²) < 4.78 is 26.8. The Hall–Kier alpha value is -2.00. The summed E-state index contributed by atoms with van der Waals surface area (Å²) in [6, 6.07) is 0. The molecule has 6 nitrogen and oxygen atoms in total. The molecule has 2 aromatic rings. The molecule has 1 unspecified atom stereocenters. The number of hydrogen-bond donors (Lipinski definition) is 1. The molecule has 1 fully saturated rings. The molecule has 1 saturated heterocycles. The number of nitrogens with one attached hydrogen (secondary N) is 1. The first-order chi connectivity index (χ1) is 12.0. The smallest absolute Gasteiger partial charge is 0.230 e. The van der Waals surface area contributed by atoms with Crippen LogP contribution in [0.4, 0.5) is 13.9 Å². The topological polar surface area (TPSA) is 71.0 Å². The number of likely N-dealkylation sites (tertiary alicyclic amines) is 1. The van der Waals surface area contributed by atoms with Gasteiger partial charge < -0.3 is 5.32 Å². The molecular weight excluding hydrogens is 348 g/mol. The highest BCUT2D eigenvalue weighted by molar-refractivity contribution is 7.15. The Labute approximate surface area is 148 Å². The zero-order chi connectivity index (χ0) is 17.8. The number of carbonyl (C=O) groups excluding carboxylic acids is 1. The number of carbonyl (C=O) groups is 1. The van der Waals surface area contributed by atoms with E-state index in [4.69, 9.17) is 0 Å². The van der Waals surface area contributed by atoms with Crippen molar-refractivity contribution < 1.29 is 13.6 Å². The molecule has 0 spiro atoms. The van der Waals surface area contributed by atoms with Crippen LogP contribution in [0.15, 0.2) is 12.4 Å². The van der Waals surface area contributed by atoms with E-state index in [1.54, 1.807) is 6.92 Å². The number of halogens is 2. The molecule has 0 aromatic carbocycles. The van der Waals surface area contributed by atoms with E-state index in [1.165, 1.54) is 23.7 Å². The Morgan fingerprint density at radius 1 is 1.40 bits per heavy atom. The van der Waals surface area contributed by atoms with Gasteiger partial charge in [-0.05, 0) is 18.9 Å². The zero-order valence-electron chi connectivity index (χ0n) is 13.8. The fourth-order valence-electron chi connectivity index (χ4n) is 2.82. The Kier molecular flexibility index (Phi) is 5.64. The first kappa shape index (κ1) is 17.8. The molecule has 1 N–H and O–H groups in total. The van der Waals surface area contributed by atoms with E-state index < -0.39 is 11.8 Å². The van der Waals surface area contributed by atoms with Crippen molar-refractivity contribution in [3.05, 3.63) is 34.9 Å². The second-order valence-electron chi connectivity index (χ2n) is 6.05. The highest BCUT2D eigenvalue weighted by Gasteiger charge is 2.25. The van der Waals surface area contributed by atoms with Crippen LogP contribution in [0.3, 0.4) is 0 Å². The fraction of sp³-hybridized carbons (Fsp3) is 0.500. The third-order valence-electron chi connectivity index (χ3n) is 4.10. The van der Waals surface area contributed by atoms with Gasteiger partial charge in [-0.3, -0.25) is 9.69 Å². The summed E-state index contributed by atoms with van der Waals surface area (Å²) in [7, 11) is 0. The van der Waals surface area contributed by atoms with Crippen molar-refractivity contribution in [3.63, 3.8) is 0 Å². The van der Waals surface area contributed by atoms with E-state index >= 15 is 0 Å². The molecule has 0 bridgehead atoms. The molecule has 3 rings (SSSR count). The highest BCUT2D eigenvalue weighted by Crippen LogP contribution is 2.27. The minimum atomic E-state index is -0.526. The second-order valence-corrected chi connectivity index (χ2v) is 7.13. The van der Waals surface area contributed by atoms with Crippen LogP contribution in [-0.4, -0.2) is 38.8 Å². The van der Waals surface area contributed by atoms with Gasteiger partial charge in [0.25, 0.3) is 0 Å². The van der Waals surface area contributed by atoms with Crippen molar-refractivity contribution in [1.29, 1.82) is 0 Å². The zero-order valence-corrected chi connectivity index (χ0v) is 14.7. The number of anilines is 1. The van der Waals surface area contributed by atoms with Crippen molar-refractivity contribution >= 4 is 22.4 Å². The molecule has 134 valence electrons. The summed E-state index contributed by atoms with van der Waals surface area (Å²) in [6.45, 7) is 3.84. The van der Waals surface area contributed by atoms with Gasteiger partial charge in [0.1, 0.15) is 5.82 Å². The van der Waals surface area contributed by atoms with Crippen molar-refractivity contribution in [3.8, 4) is 0 Å². The molecule has 0 aliphatic carbocycles. The second kappa shape index (κ2) is 7.92. The van der Waals surface area contributed by atoms with Gasteiger partial charge in [0.2, 0.25) is 11.9 Å². The van der Waals surface area contributed by atoms with Gasteiger partial charge in [-0.2, -0.15) is 9.37 Å². The van der Waals surface area contributed by atoms with Crippen LogP contribution in [0.5, 0.6) is 0 Å². The molecule has 3 heterocycles. The highest BCUT2D eigenvalue weighted by atomic mass is 32.1. The molecule has 0 radical (unpaired) electrons. The molecular formula is C16H19F2N5OS. The number of aromatic nitrogens is 3. The van der Waals surface area contributed by atoms with Crippen LogP contribution >= 0.6 is 11.3 Å². The number of hydrogen-bond acceptors (Lipinski definition) is 6. The van der Waals surface area contributed by atoms with Gasteiger partial charge >= 0.3 is 0 Å². The number of thiazole rings is 1. The maximum absolute atomic E-state index is 14.0. The lowest BCUT2D eigenvalue weighted by atomic mass is 10.0. The van der Waals surface area contributed by atoms with Gasteiger partial charge in [-0.1, -0.05) is 18.3 Å². The van der Waals surface area contributed by atoms with Crippen LogP contribution in [0.1, 0.15) is 30.5 Å². The summed E-state index contributed by atoms with van der Waals surface area (Å²) in [6.07, 6.45) is 4.32. The molecule has 0 saturated carbocycles.